The second-order valence-corrected chi connectivity index (χ2v) is 4.31. The Balaban J connectivity index is 2.27. The number of carbonyl (C=O) groups excluding carboxylic acids is 1. The van der Waals surface area contributed by atoms with Crippen LogP contribution in [0, 0.1) is 0 Å². The molecule has 1 saturated heterocycles. The lowest BCUT2D eigenvalue weighted by atomic mass is 10.1. The Bertz CT molecular complexity index is 277. The van der Waals surface area contributed by atoms with Gasteiger partial charge in [0, 0.05) is 12.2 Å². The van der Waals surface area contributed by atoms with E-state index in [0.29, 0.717) is 12.2 Å². The lowest BCUT2D eigenvalue weighted by Gasteiger charge is -2.22. The molecular weight excluding hydrogens is 220 g/mol. The van der Waals surface area contributed by atoms with Crippen molar-refractivity contribution in [3.63, 3.8) is 0 Å². The average Bonchev–Trinajstić information content (AvgIpc) is 2.38. The highest BCUT2D eigenvalue weighted by atomic mass is 16.7. The van der Waals surface area contributed by atoms with E-state index < -0.39 is 0 Å². The molecule has 1 aliphatic rings. The van der Waals surface area contributed by atoms with E-state index in [9.17, 15) is 4.79 Å². The molecule has 1 fully saturated rings. The van der Waals surface area contributed by atoms with Crippen LogP contribution in [0.25, 0.3) is 0 Å². The molecule has 1 aliphatic heterocycles. The summed E-state index contributed by atoms with van der Waals surface area (Å²) in [5.41, 5.74) is 1.67. The van der Waals surface area contributed by atoms with E-state index in [1.54, 1.807) is 6.92 Å². The van der Waals surface area contributed by atoms with Gasteiger partial charge in [-0.2, -0.15) is 0 Å². The monoisotopic (exact) mass is 242 g/mol. The highest BCUT2D eigenvalue weighted by Crippen LogP contribution is 2.15. The quantitative estimate of drug-likeness (QED) is 0.548. The predicted molar refractivity (Wildman–Crippen MR) is 64.6 cm³/mol. The molecule has 0 amide bonds. The van der Waals surface area contributed by atoms with Crippen molar-refractivity contribution < 1.29 is 19.0 Å². The van der Waals surface area contributed by atoms with Gasteiger partial charge in [0.25, 0.3) is 0 Å². The van der Waals surface area contributed by atoms with Crippen LogP contribution in [0.4, 0.5) is 0 Å². The van der Waals surface area contributed by atoms with E-state index in [0.717, 1.165) is 31.4 Å². The Labute approximate surface area is 103 Å². The molecule has 0 bridgehead atoms. The Hall–Kier alpha value is -0.870. The van der Waals surface area contributed by atoms with Crippen LogP contribution >= 0.6 is 0 Å². The minimum atomic E-state index is -0.267. The van der Waals surface area contributed by atoms with Gasteiger partial charge < -0.3 is 14.2 Å². The van der Waals surface area contributed by atoms with E-state index in [2.05, 4.69) is 4.74 Å². The molecule has 1 atom stereocenters. The van der Waals surface area contributed by atoms with E-state index in [-0.39, 0.29) is 12.3 Å². The summed E-state index contributed by atoms with van der Waals surface area (Å²) in [6.07, 6.45) is 3.94. The number of rotatable bonds is 5. The van der Waals surface area contributed by atoms with Crippen LogP contribution in [0.5, 0.6) is 0 Å². The van der Waals surface area contributed by atoms with E-state index in [4.69, 9.17) is 9.47 Å². The Kier molecular flexibility index (Phi) is 6.22. The molecule has 98 valence electrons. The number of carbonyl (C=O) groups is 1. The van der Waals surface area contributed by atoms with Gasteiger partial charge in [0.1, 0.15) is 0 Å². The fourth-order valence-electron chi connectivity index (χ4n) is 1.70. The van der Waals surface area contributed by atoms with Crippen LogP contribution < -0.4 is 0 Å². The first-order valence-electron chi connectivity index (χ1n) is 6.13. The van der Waals surface area contributed by atoms with Crippen LogP contribution in [-0.2, 0) is 19.0 Å². The van der Waals surface area contributed by atoms with Gasteiger partial charge in [-0.3, -0.25) is 0 Å². The number of esters is 1. The molecule has 4 heteroatoms. The Morgan fingerprint density at radius 1 is 1.35 bits per heavy atom. The van der Waals surface area contributed by atoms with Crippen LogP contribution in [0.1, 0.15) is 39.5 Å². The van der Waals surface area contributed by atoms with E-state index in [1.165, 1.54) is 13.5 Å². The maximum atomic E-state index is 11.3. The third kappa shape index (κ3) is 4.88. The number of hydrogen-bond acceptors (Lipinski definition) is 4. The summed E-state index contributed by atoms with van der Waals surface area (Å²) in [6, 6.07) is 0. The molecule has 0 spiro atoms. The van der Waals surface area contributed by atoms with Crippen LogP contribution in [-0.4, -0.2) is 32.6 Å². The van der Waals surface area contributed by atoms with Gasteiger partial charge in [-0.25, -0.2) is 4.79 Å². The smallest absolute Gasteiger partial charge is 0.333 e. The topological polar surface area (TPSA) is 44.8 Å². The van der Waals surface area contributed by atoms with Gasteiger partial charge in [0.05, 0.1) is 13.7 Å². The second-order valence-electron chi connectivity index (χ2n) is 4.31. The van der Waals surface area contributed by atoms with Crippen molar-refractivity contribution in [1.82, 2.24) is 0 Å². The molecule has 1 heterocycles. The lowest BCUT2D eigenvalue weighted by Crippen LogP contribution is -2.22. The third-order valence-corrected chi connectivity index (χ3v) is 3.05. The first kappa shape index (κ1) is 14.2. The SMILES string of the molecule is COC(=O)/C(C)=C(/C)CCOC1CCCCO1. The highest BCUT2D eigenvalue weighted by molar-refractivity contribution is 5.88. The zero-order valence-electron chi connectivity index (χ0n) is 11.0. The average molecular weight is 242 g/mol. The maximum Gasteiger partial charge on any atom is 0.333 e. The summed E-state index contributed by atoms with van der Waals surface area (Å²) >= 11 is 0. The van der Waals surface area contributed by atoms with Gasteiger partial charge in [-0.05, 0) is 39.5 Å². The molecular formula is C13H22O4. The van der Waals surface area contributed by atoms with E-state index >= 15 is 0 Å². The molecule has 0 aromatic rings. The fourth-order valence-corrected chi connectivity index (χ4v) is 1.70. The van der Waals surface area contributed by atoms with Crippen molar-refractivity contribution in [2.45, 2.75) is 45.8 Å². The van der Waals surface area contributed by atoms with Gasteiger partial charge >= 0.3 is 5.97 Å². The van der Waals surface area contributed by atoms with Gasteiger partial charge in [0.15, 0.2) is 6.29 Å². The van der Waals surface area contributed by atoms with Gasteiger partial charge in [-0.15, -0.1) is 0 Å². The highest BCUT2D eigenvalue weighted by Gasteiger charge is 2.14. The Morgan fingerprint density at radius 2 is 2.12 bits per heavy atom. The molecule has 0 saturated carbocycles. The van der Waals surface area contributed by atoms with Gasteiger partial charge in [-0.1, -0.05) is 5.57 Å². The number of ether oxygens (including phenoxy) is 3. The summed E-state index contributed by atoms with van der Waals surface area (Å²) in [5, 5.41) is 0. The maximum absolute atomic E-state index is 11.3. The summed E-state index contributed by atoms with van der Waals surface area (Å²) in [4.78, 5) is 11.3. The molecule has 4 nitrogen and oxygen atoms in total. The summed E-state index contributed by atoms with van der Waals surface area (Å²) in [7, 11) is 1.39. The van der Waals surface area contributed by atoms with Crippen LogP contribution in [0.15, 0.2) is 11.1 Å². The Morgan fingerprint density at radius 3 is 2.71 bits per heavy atom. The van der Waals surface area contributed by atoms with Crippen molar-refractivity contribution in [1.29, 1.82) is 0 Å². The minimum Gasteiger partial charge on any atom is -0.466 e. The van der Waals surface area contributed by atoms with Crippen molar-refractivity contribution in [2.24, 2.45) is 0 Å². The van der Waals surface area contributed by atoms with Crippen molar-refractivity contribution >= 4 is 5.97 Å². The van der Waals surface area contributed by atoms with E-state index in [1.807, 2.05) is 6.92 Å². The molecule has 17 heavy (non-hydrogen) atoms. The molecule has 0 aromatic heterocycles. The normalized spacial score (nSPS) is 21.9. The van der Waals surface area contributed by atoms with Crippen molar-refractivity contribution in [2.75, 3.05) is 20.3 Å². The molecule has 0 aliphatic carbocycles. The number of methoxy groups -OCH3 is 1. The minimum absolute atomic E-state index is 0.0602. The molecule has 0 N–H and O–H groups in total. The second kappa shape index (κ2) is 7.45. The molecule has 1 rings (SSSR count). The van der Waals surface area contributed by atoms with Gasteiger partial charge in [0.2, 0.25) is 0 Å². The molecule has 1 unspecified atom stereocenters. The number of hydrogen-bond donors (Lipinski definition) is 0. The van der Waals surface area contributed by atoms with Crippen LogP contribution in [0.3, 0.4) is 0 Å². The molecule has 0 radical (unpaired) electrons. The summed E-state index contributed by atoms with van der Waals surface area (Å²) in [6.45, 7) is 5.08. The largest absolute Gasteiger partial charge is 0.466 e. The zero-order chi connectivity index (χ0) is 12.7. The third-order valence-electron chi connectivity index (χ3n) is 3.05. The predicted octanol–water partition coefficient (Wildman–Crippen LogP) is 2.43. The van der Waals surface area contributed by atoms with Crippen LogP contribution in [0.2, 0.25) is 0 Å². The summed E-state index contributed by atoms with van der Waals surface area (Å²) < 4.78 is 15.7. The summed E-state index contributed by atoms with van der Waals surface area (Å²) in [5.74, 6) is -0.267. The fraction of sp³-hybridized carbons (Fsp3) is 0.769. The first-order chi connectivity index (χ1) is 8.15. The van der Waals surface area contributed by atoms with Crippen molar-refractivity contribution in [3.8, 4) is 0 Å². The lowest BCUT2D eigenvalue weighted by molar-refractivity contribution is -0.161. The first-order valence-corrected chi connectivity index (χ1v) is 6.13. The standard InChI is InChI=1S/C13H22O4/c1-10(11(2)13(14)15-3)7-9-17-12-6-4-5-8-16-12/h12H,4-9H2,1-3H3/b11-10-. The molecule has 0 aromatic carbocycles. The zero-order valence-corrected chi connectivity index (χ0v) is 11.0. The van der Waals surface area contributed by atoms with Crippen molar-refractivity contribution in [3.05, 3.63) is 11.1 Å².